The Bertz CT molecular complexity index is 823. The van der Waals surface area contributed by atoms with Gasteiger partial charge in [0.1, 0.15) is 0 Å². The van der Waals surface area contributed by atoms with Crippen LogP contribution >= 0.6 is 23.1 Å². The number of nitrogens with zero attached hydrogens (tertiary/aromatic N) is 3. The van der Waals surface area contributed by atoms with Crippen LogP contribution in [0.4, 0.5) is 5.13 Å². The van der Waals surface area contributed by atoms with Crippen molar-refractivity contribution in [3.63, 3.8) is 0 Å². The van der Waals surface area contributed by atoms with Crippen LogP contribution in [0.5, 0.6) is 11.5 Å². The summed E-state index contributed by atoms with van der Waals surface area (Å²) < 4.78 is 16.3. The number of thioether (sulfide) groups is 1. The number of aromatic nitrogens is 3. The van der Waals surface area contributed by atoms with Gasteiger partial charge in [-0.3, -0.25) is 4.79 Å². The maximum Gasteiger partial charge on any atom is 0.277 e. The van der Waals surface area contributed by atoms with Gasteiger partial charge in [0.2, 0.25) is 5.91 Å². The highest BCUT2D eigenvalue weighted by Gasteiger charge is 2.12. The molecular formula is C15H14N4O4S2. The van der Waals surface area contributed by atoms with Gasteiger partial charge in [-0.15, -0.1) is 21.5 Å². The SMILES string of the molecule is COc1ccccc1OCc1nnc(SCC(=O)Nc2nccs2)o1. The van der Waals surface area contributed by atoms with Gasteiger partial charge in [-0.2, -0.15) is 0 Å². The molecule has 0 radical (unpaired) electrons. The zero-order chi connectivity index (χ0) is 17.5. The molecule has 0 spiro atoms. The molecule has 0 aliphatic heterocycles. The Hall–Kier alpha value is -2.59. The first-order chi connectivity index (χ1) is 12.2. The van der Waals surface area contributed by atoms with Crippen molar-refractivity contribution in [2.45, 2.75) is 11.8 Å². The number of benzene rings is 1. The summed E-state index contributed by atoms with van der Waals surface area (Å²) >= 11 is 2.50. The number of hydrogen-bond acceptors (Lipinski definition) is 9. The van der Waals surface area contributed by atoms with Gasteiger partial charge in [-0.25, -0.2) is 4.98 Å². The fourth-order valence-electron chi connectivity index (χ4n) is 1.80. The lowest BCUT2D eigenvalue weighted by Gasteiger charge is -2.07. The van der Waals surface area contributed by atoms with E-state index in [2.05, 4.69) is 20.5 Å². The smallest absolute Gasteiger partial charge is 0.277 e. The van der Waals surface area contributed by atoms with E-state index in [0.29, 0.717) is 27.7 Å². The van der Waals surface area contributed by atoms with Crippen molar-refractivity contribution < 1.29 is 18.7 Å². The average molecular weight is 378 g/mol. The van der Waals surface area contributed by atoms with Gasteiger partial charge in [0.25, 0.3) is 11.1 Å². The summed E-state index contributed by atoms with van der Waals surface area (Å²) in [6, 6.07) is 7.28. The van der Waals surface area contributed by atoms with Crippen molar-refractivity contribution >= 4 is 34.1 Å². The van der Waals surface area contributed by atoms with Gasteiger partial charge < -0.3 is 19.2 Å². The van der Waals surface area contributed by atoms with Crippen LogP contribution in [-0.2, 0) is 11.4 Å². The fraction of sp³-hybridized carbons (Fsp3) is 0.200. The lowest BCUT2D eigenvalue weighted by molar-refractivity contribution is -0.113. The van der Waals surface area contributed by atoms with E-state index in [9.17, 15) is 4.79 Å². The summed E-state index contributed by atoms with van der Waals surface area (Å²) in [4.78, 5) is 15.8. The molecule has 2 heterocycles. The van der Waals surface area contributed by atoms with Gasteiger partial charge in [0.15, 0.2) is 23.2 Å². The second kappa shape index (κ2) is 8.49. The Morgan fingerprint density at radius 2 is 2.16 bits per heavy atom. The van der Waals surface area contributed by atoms with Crippen LogP contribution in [0.15, 0.2) is 45.5 Å². The Labute approximate surface area is 151 Å². The molecule has 130 valence electrons. The van der Waals surface area contributed by atoms with Crippen LogP contribution in [0.3, 0.4) is 0 Å². The van der Waals surface area contributed by atoms with E-state index in [1.807, 2.05) is 12.1 Å². The highest BCUT2D eigenvalue weighted by molar-refractivity contribution is 7.99. The summed E-state index contributed by atoms with van der Waals surface area (Å²) in [7, 11) is 1.57. The Balaban J connectivity index is 1.48. The molecule has 1 N–H and O–H groups in total. The number of carbonyl (C=O) groups excluding carboxylic acids is 1. The van der Waals surface area contributed by atoms with E-state index < -0.39 is 0 Å². The molecule has 10 heteroatoms. The molecule has 0 aliphatic carbocycles. The third-order valence-electron chi connectivity index (χ3n) is 2.87. The second-order valence-electron chi connectivity index (χ2n) is 4.58. The van der Waals surface area contributed by atoms with E-state index in [-0.39, 0.29) is 18.3 Å². The number of amides is 1. The summed E-state index contributed by atoms with van der Waals surface area (Å²) in [5, 5.41) is 13.1. The molecule has 0 unspecified atom stereocenters. The predicted octanol–water partition coefficient (Wildman–Crippen LogP) is 2.84. The normalized spacial score (nSPS) is 10.4. The minimum absolute atomic E-state index is 0.110. The minimum atomic E-state index is -0.190. The molecule has 3 rings (SSSR count). The van der Waals surface area contributed by atoms with Crippen molar-refractivity contribution in [2.24, 2.45) is 0 Å². The van der Waals surface area contributed by atoms with E-state index in [0.717, 1.165) is 11.8 Å². The summed E-state index contributed by atoms with van der Waals surface area (Å²) in [5.41, 5.74) is 0. The molecule has 3 aromatic rings. The van der Waals surface area contributed by atoms with Crippen LogP contribution < -0.4 is 14.8 Å². The third-order valence-corrected chi connectivity index (χ3v) is 4.38. The molecule has 0 aliphatic rings. The number of anilines is 1. The number of thiazole rings is 1. The number of nitrogens with one attached hydrogen (secondary N) is 1. The molecule has 8 nitrogen and oxygen atoms in total. The molecule has 0 saturated carbocycles. The standard InChI is InChI=1S/C15H14N4O4S2/c1-21-10-4-2-3-5-11(10)22-8-13-18-19-15(23-13)25-9-12(20)17-14-16-6-7-24-14/h2-7H,8-9H2,1H3,(H,16,17,20). The van der Waals surface area contributed by atoms with E-state index in [1.54, 1.807) is 30.8 Å². The van der Waals surface area contributed by atoms with Crippen molar-refractivity contribution in [1.82, 2.24) is 15.2 Å². The lowest BCUT2D eigenvalue weighted by Crippen LogP contribution is -2.13. The maximum absolute atomic E-state index is 11.8. The minimum Gasteiger partial charge on any atom is -0.493 e. The van der Waals surface area contributed by atoms with Crippen LogP contribution in [-0.4, -0.2) is 34.0 Å². The van der Waals surface area contributed by atoms with Crippen molar-refractivity contribution in [2.75, 3.05) is 18.2 Å². The average Bonchev–Trinajstić information content (AvgIpc) is 3.30. The molecule has 25 heavy (non-hydrogen) atoms. The summed E-state index contributed by atoms with van der Waals surface area (Å²) in [6.07, 6.45) is 1.62. The first-order valence-electron chi connectivity index (χ1n) is 7.15. The molecule has 0 bridgehead atoms. The molecule has 0 atom stereocenters. The first-order valence-corrected chi connectivity index (χ1v) is 9.01. The fourth-order valence-corrected chi connectivity index (χ4v) is 2.93. The molecule has 0 saturated heterocycles. The Morgan fingerprint density at radius 3 is 2.92 bits per heavy atom. The van der Waals surface area contributed by atoms with E-state index in [1.165, 1.54) is 11.3 Å². The van der Waals surface area contributed by atoms with Gasteiger partial charge >= 0.3 is 0 Å². The first kappa shape index (κ1) is 17.2. The predicted molar refractivity (Wildman–Crippen MR) is 93.1 cm³/mol. The van der Waals surface area contributed by atoms with E-state index in [4.69, 9.17) is 13.9 Å². The van der Waals surface area contributed by atoms with Gasteiger partial charge in [-0.05, 0) is 12.1 Å². The van der Waals surface area contributed by atoms with Gasteiger partial charge in [0.05, 0.1) is 12.9 Å². The number of rotatable bonds is 8. The Kier molecular flexibility index (Phi) is 5.86. The highest BCUT2D eigenvalue weighted by atomic mass is 32.2. The molecular weight excluding hydrogens is 364 g/mol. The lowest BCUT2D eigenvalue weighted by atomic mass is 10.3. The number of ether oxygens (including phenoxy) is 2. The molecule has 1 aromatic carbocycles. The number of methoxy groups -OCH3 is 1. The second-order valence-corrected chi connectivity index (χ2v) is 6.40. The van der Waals surface area contributed by atoms with Gasteiger partial charge in [0, 0.05) is 11.6 Å². The van der Waals surface area contributed by atoms with Crippen LogP contribution in [0, 0.1) is 0 Å². The van der Waals surface area contributed by atoms with Crippen LogP contribution in [0.1, 0.15) is 5.89 Å². The Morgan fingerprint density at radius 1 is 1.32 bits per heavy atom. The van der Waals surface area contributed by atoms with Crippen LogP contribution in [0.25, 0.3) is 0 Å². The molecule has 1 amide bonds. The summed E-state index contributed by atoms with van der Waals surface area (Å²) in [6.45, 7) is 0.110. The van der Waals surface area contributed by atoms with Gasteiger partial charge in [-0.1, -0.05) is 23.9 Å². The van der Waals surface area contributed by atoms with E-state index >= 15 is 0 Å². The number of carbonyl (C=O) groups is 1. The number of para-hydroxylation sites is 2. The van der Waals surface area contributed by atoms with Crippen LogP contribution in [0.2, 0.25) is 0 Å². The number of hydrogen-bond donors (Lipinski definition) is 1. The topological polar surface area (TPSA) is 99.4 Å². The monoisotopic (exact) mass is 378 g/mol. The zero-order valence-corrected chi connectivity index (χ0v) is 14.8. The zero-order valence-electron chi connectivity index (χ0n) is 13.2. The molecule has 0 fully saturated rings. The summed E-state index contributed by atoms with van der Waals surface area (Å²) in [5.74, 6) is 1.48. The maximum atomic E-state index is 11.8. The van der Waals surface area contributed by atoms with Crippen molar-refractivity contribution in [3.05, 3.63) is 41.7 Å². The van der Waals surface area contributed by atoms with Crippen molar-refractivity contribution in [1.29, 1.82) is 0 Å². The third kappa shape index (κ3) is 4.94. The largest absolute Gasteiger partial charge is 0.493 e. The highest BCUT2D eigenvalue weighted by Crippen LogP contribution is 2.26. The quantitative estimate of drug-likeness (QED) is 0.597. The van der Waals surface area contributed by atoms with Crippen molar-refractivity contribution in [3.8, 4) is 11.5 Å². The molecule has 2 aromatic heterocycles.